The van der Waals surface area contributed by atoms with Crippen LogP contribution >= 0.6 is 0 Å². The summed E-state index contributed by atoms with van der Waals surface area (Å²) >= 11 is 0. The van der Waals surface area contributed by atoms with Gasteiger partial charge in [-0.25, -0.2) is 9.78 Å². The van der Waals surface area contributed by atoms with Crippen LogP contribution in [0.15, 0.2) is 42.5 Å². The van der Waals surface area contributed by atoms with Crippen molar-refractivity contribution in [2.75, 3.05) is 31.1 Å². The van der Waals surface area contributed by atoms with Gasteiger partial charge in [-0.1, -0.05) is 36.4 Å². The fourth-order valence-corrected chi connectivity index (χ4v) is 5.32. The van der Waals surface area contributed by atoms with E-state index in [-0.39, 0.29) is 50.1 Å². The number of hydrogen-bond donors (Lipinski definition) is 2. The molecule has 1 aliphatic carbocycles. The number of esters is 2. The number of aromatic nitrogens is 1. The molecule has 0 radical (unpaired) electrons. The zero-order valence-electron chi connectivity index (χ0n) is 26.1. The number of ether oxygens (including phenoxy) is 3. The van der Waals surface area contributed by atoms with Crippen molar-refractivity contribution in [3.8, 4) is 0 Å². The van der Waals surface area contributed by atoms with Crippen molar-refractivity contribution in [1.82, 2.24) is 15.6 Å². The highest BCUT2D eigenvalue weighted by molar-refractivity contribution is 5.88. The van der Waals surface area contributed by atoms with E-state index in [0.717, 1.165) is 29.7 Å². The fourth-order valence-electron chi connectivity index (χ4n) is 5.32. The number of aryl methyl sites for hydroxylation is 1. The quantitative estimate of drug-likeness (QED) is 0.273. The van der Waals surface area contributed by atoms with Gasteiger partial charge < -0.3 is 19.5 Å². The average molecular weight is 609 g/mol. The van der Waals surface area contributed by atoms with Gasteiger partial charge in [-0.15, -0.1) is 0 Å². The number of amides is 2. The first-order chi connectivity index (χ1) is 21.0. The Labute approximate surface area is 259 Å². The first kappa shape index (κ1) is 32.9. The molecule has 0 unspecified atom stereocenters. The molecule has 0 saturated heterocycles. The topological polar surface area (TPSA) is 136 Å². The summed E-state index contributed by atoms with van der Waals surface area (Å²) in [4.78, 5) is 56.8. The minimum absolute atomic E-state index is 0.00231. The van der Waals surface area contributed by atoms with E-state index < -0.39 is 23.6 Å². The van der Waals surface area contributed by atoms with Crippen LogP contribution < -0.4 is 15.5 Å². The maximum atomic E-state index is 12.9. The van der Waals surface area contributed by atoms with Gasteiger partial charge in [0.25, 0.3) is 0 Å². The molecule has 1 saturated carbocycles. The molecule has 0 bridgehead atoms. The first-order valence-corrected chi connectivity index (χ1v) is 15.4. The molecule has 44 heavy (non-hydrogen) atoms. The van der Waals surface area contributed by atoms with Crippen molar-refractivity contribution in [3.05, 3.63) is 59.3 Å². The number of hydrogen-bond acceptors (Lipinski definition) is 9. The van der Waals surface area contributed by atoms with Crippen molar-refractivity contribution in [1.29, 1.82) is 0 Å². The van der Waals surface area contributed by atoms with Crippen molar-refractivity contribution < 1.29 is 33.4 Å². The van der Waals surface area contributed by atoms with E-state index in [1.807, 2.05) is 63.2 Å². The molecule has 2 heterocycles. The summed E-state index contributed by atoms with van der Waals surface area (Å²) in [5.74, 6) is -0.422. The number of carbonyl (C=O) groups excluding carboxylic acids is 4. The van der Waals surface area contributed by atoms with Crippen LogP contribution in [0.3, 0.4) is 0 Å². The Morgan fingerprint density at radius 3 is 2.50 bits per heavy atom. The van der Waals surface area contributed by atoms with E-state index >= 15 is 0 Å². The van der Waals surface area contributed by atoms with Crippen LogP contribution in [0.2, 0.25) is 0 Å². The Balaban J connectivity index is 1.23. The number of rotatable bonds is 12. The molecular weight excluding hydrogens is 564 g/mol. The van der Waals surface area contributed by atoms with Gasteiger partial charge in [-0.3, -0.25) is 24.6 Å². The summed E-state index contributed by atoms with van der Waals surface area (Å²) in [5.41, 5.74) is 2.19. The number of carbonyl (C=O) groups is 4. The Bertz CT molecular complexity index is 1300. The number of fused-ring (bicyclic) bond motifs is 1. The molecule has 2 amide bonds. The van der Waals surface area contributed by atoms with Crippen LogP contribution in [-0.2, 0) is 48.0 Å². The largest absolute Gasteiger partial charge is 0.465 e. The van der Waals surface area contributed by atoms with Crippen molar-refractivity contribution >= 4 is 29.8 Å². The molecular formula is C33H44N4O7. The minimum Gasteiger partial charge on any atom is -0.465 e. The van der Waals surface area contributed by atoms with E-state index in [0.29, 0.717) is 31.6 Å². The Morgan fingerprint density at radius 2 is 1.80 bits per heavy atom. The Hall–Kier alpha value is -3.99. The standard InChI is InChI=1S/C33H44N4O7/c1-5-42-31(40)27(34-20-28(38)43-21-22-10-7-6-8-11-22)19-35-30(39)25-16-23(17-25)18-26-14-13-24-12-9-15-37(29(24)36-26)32(41)44-33(2,3)4/h6-8,10-11,13-14,23,25,27,34H,5,9,12,15-21H2,1-4H3,(H,35,39)/t23?,25?,27-/m0/s1. The lowest BCUT2D eigenvalue weighted by Gasteiger charge is -2.35. The fraction of sp³-hybridized carbons (Fsp3) is 0.545. The summed E-state index contributed by atoms with van der Waals surface area (Å²) in [6.07, 6.45) is 3.44. The lowest BCUT2D eigenvalue weighted by molar-refractivity contribution is -0.147. The number of benzene rings is 1. The van der Waals surface area contributed by atoms with Crippen molar-refractivity contribution in [2.45, 2.75) is 78.0 Å². The number of pyridine rings is 1. The molecule has 11 heteroatoms. The molecule has 4 rings (SSSR count). The van der Waals surface area contributed by atoms with E-state index in [1.165, 1.54) is 0 Å². The first-order valence-electron chi connectivity index (χ1n) is 15.4. The summed E-state index contributed by atoms with van der Waals surface area (Å²) < 4.78 is 16.0. The predicted octanol–water partition coefficient (Wildman–Crippen LogP) is 3.72. The second-order valence-corrected chi connectivity index (χ2v) is 12.3. The average Bonchev–Trinajstić information content (AvgIpc) is 2.96. The SMILES string of the molecule is CCOC(=O)[C@H](CNC(=O)C1CC(Cc2ccc3c(n2)N(C(=O)OC(C)(C)C)CCC3)C1)NCC(=O)OCc1ccccc1. The maximum Gasteiger partial charge on any atom is 0.416 e. The third-order valence-electron chi connectivity index (χ3n) is 7.60. The third-order valence-corrected chi connectivity index (χ3v) is 7.60. The van der Waals surface area contributed by atoms with Crippen LogP contribution in [0.4, 0.5) is 10.6 Å². The van der Waals surface area contributed by atoms with Gasteiger partial charge >= 0.3 is 18.0 Å². The van der Waals surface area contributed by atoms with E-state index in [9.17, 15) is 19.2 Å². The van der Waals surface area contributed by atoms with Gasteiger partial charge in [0.2, 0.25) is 5.91 Å². The number of nitrogens with one attached hydrogen (secondary N) is 2. The highest BCUT2D eigenvalue weighted by atomic mass is 16.6. The predicted molar refractivity (Wildman–Crippen MR) is 164 cm³/mol. The van der Waals surface area contributed by atoms with Gasteiger partial charge in [0.05, 0.1) is 13.2 Å². The van der Waals surface area contributed by atoms with Gasteiger partial charge in [0.15, 0.2) is 0 Å². The zero-order chi connectivity index (χ0) is 31.7. The van der Waals surface area contributed by atoms with Gasteiger partial charge in [-0.2, -0.15) is 0 Å². The molecule has 2 N–H and O–H groups in total. The van der Waals surface area contributed by atoms with Crippen molar-refractivity contribution in [3.63, 3.8) is 0 Å². The zero-order valence-corrected chi connectivity index (χ0v) is 26.1. The van der Waals surface area contributed by atoms with Gasteiger partial charge in [-0.05, 0) is 82.9 Å². The molecule has 1 aliphatic heterocycles. The third kappa shape index (κ3) is 9.51. The second-order valence-electron chi connectivity index (χ2n) is 12.3. The van der Waals surface area contributed by atoms with Crippen LogP contribution in [0, 0.1) is 11.8 Å². The van der Waals surface area contributed by atoms with Gasteiger partial charge in [0.1, 0.15) is 24.1 Å². The molecule has 11 nitrogen and oxygen atoms in total. The van der Waals surface area contributed by atoms with E-state index in [2.05, 4.69) is 10.6 Å². The summed E-state index contributed by atoms with van der Waals surface area (Å²) in [6.45, 7) is 7.92. The highest BCUT2D eigenvalue weighted by Gasteiger charge is 2.36. The maximum absolute atomic E-state index is 12.9. The molecule has 2 aliphatic rings. The lowest BCUT2D eigenvalue weighted by atomic mass is 9.72. The number of anilines is 1. The molecule has 1 aromatic carbocycles. The normalized spacial score (nSPS) is 18.3. The van der Waals surface area contributed by atoms with Gasteiger partial charge in [0, 0.05) is 24.7 Å². The Morgan fingerprint density at radius 1 is 1.05 bits per heavy atom. The van der Waals surface area contributed by atoms with Crippen molar-refractivity contribution in [2.24, 2.45) is 11.8 Å². The monoisotopic (exact) mass is 608 g/mol. The summed E-state index contributed by atoms with van der Waals surface area (Å²) in [5, 5.41) is 5.69. The molecule has 1 atom stereocenters. The number of nitrogens with zero attached hydrogens (tertiary/aromatic N) is 2. The van der Waals surface area contributed by atoms with Crippen LogP contribution in [-0.4, -0.2) is 66.8 Å². The molecule has 2 aromatic rings. The lowest BCUT2D eigenvalue weighted by Crippen LogP contribution is -2.50. The van der Waals surface area contributed by atoms with Crippen LogP contribution in [0.1, 0.15) is 63.8 Å². The summed E-state index contributed by atoms with van der Waals surface area (Å²) in [6, 6.07) is 12.5. The van der Waals surface area contributed by atoms with E-state index in [4.69, 9.17) is 19.2 Å². The molecule has 1 aromatic heterocycles. The smallest absolute Gasteiger partial charge is 0.416 e. The van der Waals surface area contributed by atoms with E-state index in [1.54, 1.807) is 11.8 Å². The van der Waals surface area contributed by atoms with Crippen LogP contribution in [0.25, 0.3) is 0 Å². The summed E-state index contributed by atoms with van der Waals surface area (Å²) in [7, 11) is 0. The second kappa shape index (κ2) is 15.1. The highest BCUT2D eigenvalue weighted by Crippen LogP contribution is 2.37. The van der Waals surface area contributed by atoms with Crippen LogP contribution in [0.5, 0.6) is 0 Å². The minimum atomic E-state index is -0.883. The molecule has 1 fully saturated rings. The molecule has 0 spiro atoms. The molecule has 238 valence electrons. The Kier molecular flexibility index (Phi) is 11.3.